The maximum Gasteiger partial charge on any atom is 0.319 e. The van der Waals surface area contributed by atoms with E-state index in [9.17, 15) is 13.2 Å². The molecule has 1 aromatic heterocycles. The first-order chi connectivity index (χ1) is 13.0. The number of piperidine rings is 1. The lowest BCUT2D eigenvalue weighted by atomic mass is 10.0. The summed E-state index contributed by atoms with van der Waals surface area (Å²) in [4.78, 5) is 12.1. The normalized spacial score (nSPS) is 18.2. The van der Waals surface area contributed by atoms with Gasteiger partial charge in [-0.3, -0.25) is 0 Å². The number of carbonyl (C=O) groups excluding carboxylic acids is 1. The maximum atomic E-state index is 12.9. The van der Waals surface area contributed by atoms with Gasteiger partial charge in [-0.05, 0) is 49.3 Å². The fourth-order valence-electron chi connectivity index (χ4n) is 3.34. The quantitative estimate of drug-likeness (QED) is 0.764. The molecule has 1 unspecified atom stereocenters. The zero-order valence-electron chi connectivity index (χ0n) is 15.3. The molecular weight excluding hydrogens is 382 g/mol. The van der Waals surface area contributed by atoms with Gasteiger partial charge < -0.3 is 10.6 Å². The minimum Gasteiger partial charge on any atom is -0.338 e. The maximum absolute atomic E-state index is 12.9. The highest BCUT2D eigenvalue weighted by atomic mass is 32.2. The number of amides is 2. The van der Waals surface area contributed by atoms with E-state index in [1.807, 2.05) is 31.2 Å². The number of benzene rings is 1. The van der Waals surface area contributed by atoms with Crippen molar-refractivity contribution in [2.24, 2.45) is 0 Å². The van der Waals surface area contributed by atoms with Crippen LogP contribution in [-0.4, -0.2) is 37.9 Å². The van der Waals surface area contributed by atoms with Crippen molar-refractivity contribution in [3.8, 4) is 0 Å². The Morgan fingerprint density at radius 2 is 2.04 bits per heavy atom. The van der Waals surface area contributed by atoms with E-state index in [4.69, 9.17) is 0 Å². The summed E-state index contributed by atoms with van der Waals surface area (Å²) in [6.07, 6.45) is 3.32. The van der Waals surface area contributed by atoms with Crippen molar-refractivity contribution in [1.29, 1.82) is 0 Å². The van der Waals surface area contributed by atoms with Gasteiger partial charge >= 0.3 is 6.03 Å². The molecule has 2 N–H and O–H groups in total. The molecule has 1 fully saturated rings. The van der Waals surface area contributed by atoms with Crippen LogP contribution in [0.4, 0.5) is 10.5 Å². The number of nitrogens with zero attached hydrogens (tertiary/aromatic N) is 1. The highest BCUT2D eigenvalue weighted by Gasteiger charge is 2.33. The Morgan fingerprint density at radius 1 is 1.22 bits per heavy atom. The molecule has 2 heterocycles. The largest absolute Gasteiger partial charge is 0.338 e. The number of carbonyl (C=O) groups is 1. The molecule has 3 rings (SSSR count). The molecule has 146 valence electrons. The number of hydrogen-bond acceptors (Lipinski definition) is 4. The number of anilines is 1. The van der Waals surface area contributed by atoms with Gasteiger partial charge in [0, 0.05) is 24.8 Å². The lowest BCUT2D eigenvalue weighted by molar-refractivity contribution is 0.234. The third-order valence-corrected chi connectivity index (χ3v) is 8.11. The lowest BCUT2D eigenvalue weighted by Gasteiger charge is -2.34. The first kappa shape index (κ1) is 19.9. The van der Waals surface area contributed by atoms with E-state index < -0.39 is 10.0 Å². The van der Waals surface area contributed by atoms with E-state index in [2.05, 4.69) is 10.6 Å². The molecule has 0 spiro atoms. The average molecular weight is 408 g/mol. The van der Waals surface area contributed by atoms with Gasteiger partial charge in [-0.25, -0.2) is 13.2 Å². The summed E-state index contributed by atoms with van der Waals surface area (Å²) in [5.74, 6) is 0. The molecule has 8 heteroatoms. The van der Waals surface area contributed by atoms with Gasteiger partial charge in [0.1, 0.15) is 4.21 Å². The Balaban J connectivity index is 1.56. The highest BCUT2D eigenvalue weighted by molar-refractivity contribution is 7.91. The molecule has 6 nitrogen and oxygen atoms in total. The van der Waals surface area contributed by atoms with Crippen molar-refractivity contribution in [3.05, 3.63) is 47.3 Å². The van der Waals surface area contributed by atoms with Crippen molar-refractivity contribution < 1.29 is 13.2 Å². The first-order valence-corrected chi connectivity index (χ1v) is 11.5. The zero-order chi connectivity index (χ0) is 19.3. The van der Waals surface area contributed by atoms with E-state index in [0.717, 1.165) is 30.5 Å². The van der Waals surface area contributed by atoms with Crippen LogP contribution in [0, 0.1) is 6.92 Å². The number of sulfonamides is 1. The summed E-state index contributed by atoms with van der Waals surface area (Å²) in [6, 6.07) is 10.6. The minimum absolute atomic E-state index is 0.0791. The Bertz CT molecular complexity index is 866. The number of nitrogens with one attached hydrogen (secondary N) is 2. The van der Waals surface area contributed by atoms with Crippen molar-refractivity contribution in [3.63, 3.8) is 0 Å². The van der Waals surface area contributed by atoms with Crippen molar-refractivity contribution >= 4 is 33.1 Å². The Morgan fingerprint density at radius 3 is 2.78 bits per heavy atom. The molecular formula is C19H25N3O3S2. The van der Waals surface area contributed by atoms with Crippen LogP contribution in [0.25, 0.3) is 0 Å². The van der Waals surface area contributed by atoms with Crippen LogP contribution in [0.1, 0.15) is 31.2 Å². The molecule has 1 atom stereocenters. The second-order valence-electron chi connectivity index (χ2n) is 6.68. The smallest absolute Gasteiger partial charge is 0.319 e. The van der Waals surface area contributed by atoms with Gasteiger partial charge in [0.2, 0.25) is 0 Å². The SMILES string of the molecule is Cc1ccccc1NC(=O)NCCC1CCCCN1S(=O)(=O)c1cccs1. The second-order valence-corrected chi connectivity index (χ2v) is 9.75. The number of hydrogen-bond donors (Lipinski definition) is 2. The molecule has 2 aromatic rings. The molecule has 27 heavy (non-hydrogen) atoms. The standard InChI is InChI=1S/C19H25N3O3S2/c1-15-7-2-3-9-17(15)21-19(23)20-12-11-16-8-4-5-13-22(16)27(24,25)18-10-6-14-26-18/h2-3,6-7,9-10,14,16H,4-5,8,11-13H2,1H3,(H2,20,21,23). The van der Waals surface area contributed by atoms with Crippen LogP contribution < -0.4 is 10.6 Å². The average Bonchev–Trinajstić information content (AvgIpc) is 3.20. The monoisotopic (exact) mass is 407 g/mol. The third-order valence-electron chi connectivity index (χ3n) is 4.79. The predicted octanol–water partition coefficient (Wildman–Crippen LogP) is 3.81. The predicted molar refractivity (Wildman–Crippen MR) is 109 cm³/mol. The highest BCUT2D eigenvalue weighted by Crippen LogP contribution is 2.29. The summed E-state index contributed by atoms with van der Waals surface area (Å²) in [5.41, 5.74) is 1.77. The third kappa shape index (κ3) is 4.88. The van der Waals surface area contributed by atoms with Crippen LogP contribution in [0.5, 0.6) is 0 Å². The molecule has 1 aliphatic heterocycles. The molecule has 0 aliphatic carbocycles. The van der Waals surface area contributed by atoms with Gasteiger partial charge in [-0.1, -0.05) is 30.7 Å². The summed E-state index contributed by atoms with van der Waals surface area (Å²) in [5, 5.41) is 7.46. The van der Waals surface area contributed by atoms with Gasteiger partial charge in [0.15, 0.2) is 0 Å². The van der Waals surface area contributed by atoms with E-state index in [1.54, 1.807) is 21.8 Å². The molecule has 1 aromatic carbocycles. The fraction of sp³-hybridized carbons (Fsp3) is 0.421. The Kier molecular flexibility index (Phi) is 6.51. The van der Waals surface area contributed by atoms with E-state index in [1.165, 1.54) is 11.3 Å². The van der Waals surface area contributed by atoms with Gasteiger partial charge in [0.25, 0.3) is 10.0 Å². The molecule has 1 aliphatic rings. The topological polar surface area (TPSA) is 78.5 Å². The van der Waals surface area contributed by atoms with Crippen LogP contribution in [0.15, 0.2) is 46.0 Å². The summed E-state index contributed by atoms with van der Waals surface area (Å²) in [7, 11) is -3.45. The summed E-state index contributed by atoms with van der Waals surface area (Å²) >= 11 is 1.25. The van der Waals surface area contributed by atoms with Crippen molar-refractivity contribution in [2.75, 3.05) is 18.4 Å². The van der Waals surface area contributed by atoms with Crippen LogP contribution in [0.2, 0.25) is 0 Å². The van der Waals surface area contributed by atoms with Crippen LogP contribution in [0.3, 0.4) is 0 Å². The summed E-state index contributed by atoms with van der Waals surface area (Å²) in [6.45, 7) is 2.91. The van der Waals surface area contributed by atoms with Crippen LogP contribution in [-0.2, 0) is 10.0 Å². The summed E-state index contributed by atoms with van der Waals surface area (Å²) < 4.78 is 27.7. The van der Waals surface area contributed by atoms with Gasteiger partial charge in [-0.2, -0.15) is 4.31 Å². The van der Waals surface area contributed by atoms with E-state index >= 15 is 0 Å². The molecule has 1 saturated heterocycles. The van der Waals surface area contributed by atoms with Crippen molar-refractivity contribution in [2.45, 2.75) is 42.9 Å². The molecule has 0 radical (unpaired) electrons. The molecule has 0 saturated carbocycles. The molecule has 0 bridgehead atoms. The number of urea groups is 1. The molecule has 2 amide bonds. The minimum atomic E-state index is -3.45. The van der Waals surface area contributed by atoms with E-state index in [-0.39, 0.29) is 12.1 Å². The number of rotatable bonds is 6. The van der Waals surface area contributed by atoms with Gasteiger partial charge in [-0.15, -0.1) is 11.3 Å². The number of thiophene rings is 1. The fourth-order valence-corrected chi connectivity index (χ4v) is 6.18. The number of aryl methyl sites for hydroxylation is 1. The lowest BCUT2D eigenvalue weighted by Crippen LogP contribution is -2.45. The number of para-hydroxylation sites is 1. The van der Waals surface area contributed by atoms with E-state index in [0.29, 0.717) is 23.7 Å². The second kappa shape index (κ2) is 8.86. The zero-order valence-corrected chi connectivity index (χ0v) is 17.0. The Labute approximate surface area is 164 Å². The first-order valence-electron chi connectivity index (χ1n) is 9.14. The van der Waals surface area contributed by atoms with Crippen LogP contribution >= 0.6 is 11.3 Å². The van der Waals surface area contributed by atoms with Crippen molar-refractivity contribution in [1.82, 2.24) is 9.62 Å². The van der Waals surface area contributed by atoms with Gasteiger partial charge in [0.05, 0.1) is 0 Å². The Hall–Kier alpha value is -1.90.